The van der Waals surface area contributed by atoms with Gasteiger partial charge in [-0.1, -0.05) is 18.2 Å². The molecule has 2 aromatic carbocycles. The van der Waals surface area contributed by atoms with Gasteiger partial charge < -0.3 is 19.9 Å². The first kappa shape index (κ1) is 21.6. The van der Waals surface area contributed by atoms with Gasteiger partial charge in [-0.25, -0.2) is 13.9 Å². The number of aromatic amines is 1. The number of hydrogen-bond donors (Lipinski definition) is 2. The molecule has 1 atom stereocenters. The molecule has 34 heavy (non-hydrogen) atoms. The number of carbonyl (C=O) groups is 1. The third kappa shape index (κ3) is 3.66. The molecule has 0 saturated carbocycles. The number of nitrogen functional groups attached to an aromatic ring is 1. The van der Waals surface area contributed by atoms with Gasteiger partial charge >= 0.3 is 0 Å². The molecule has 1 fully saturated rings. The number of fused-ring (bicyclic) bond motifs is 1. The van der Waals surface area contributed by atoms with Crippen LogP contribution >= 0.6 is 0 Å². The number of aromatic nitrogens is 3. The summed E-state index contributed by atoms with van der Waals surface area (Å²) in [6.07, 6.45) is 2.53. The zero-order valence-corrected chi connectivity index (χ0v) is 18.2. The number of nitrogens with zero attached hydrogens (tertiary/aromatic N) is 3. The first-order valence-corrected chi connectivity index (χ1v) is 10.7. The van der Waals surface area contributed by atoms with Crippen molar-refractivity contribution in [3.05, 3.63) is 70.6 Å². The summed E-state index contributed by atoms with van der Waals surface area (Å²) < 4.78 is 35.1. The van der Waals surface area contributed by atoms with Crippen molar-refractivity contribution in [3.63, 3.8) is 0 Å². The normalized spacial score (nSPS) is 15.7. The number of likely N-dealkylation sites (tertiary alicyclic amines) is 1. The van der Waals surface area contributed by atoms with E-state index >= 15 is 0 Å². The fourth-order valence-corrected chi connectivity index (χ4v) is 4.40. The van der Waals surface area contributed by atoms with Gasteiger partial charge in [-0.05, 0) is 36.2 Å². The summed E-state index contributed by atoms with van der Waals surface area (Å²) in [5, 5.41) is 6.85. The maximum atomic E-state index is 13.9. The van der Waals surface area contributed by atoms with Crippen LogP contribution in [0.2, 0.25) is 0 Å². The molecule has 1 amide bonds. The van der Waals surface area contributed by atoms with Crippen molar-refractivity contribution in [2.75, 3.05) is 18.8 Å². The van der Waals surface area contributed by atoms with Gasteiger partial charge in [0, 0.05) is 31.8 Å². The minimum atomic E-state index is -0.804. The van der Waals surface area contributed by atoms with Crippen LogP contribution in [0.15, 0.2) is 53.5 Å². The number of rotatable bonds is 4. The number of para-hydroxylation sites is 1. The van der Waals surface area contributed by atoms with E-state index in [-0.39, 0.29) is 29.1 Å². The predicted molar refractivity (Wildman–Crippen MR) is 123 cm³/mol. The van der Waals surface area contributed by atoms with E-state index in [1.807, 2.05) is 10.8 Å². The lowest BCUT2D eigenvalue weighted by Gasteiger charge is -2.15. The molecule has 8 nitrogen and oxygen atoms in total. The SMILES string of the molecule is CC(=O)N1CC[C@@H](n2cc(-c3ccc(Oc4c(F)cccc4F)cc3)c3c(N)n[nH]c(=O)c32)C1. The first-order valence-electron chi connectivity index (χ1n) is 10.7. The highest BCUT2D eigenvalue weighted by molar-refractivity contribution is 6.02. The van der Waals surface area contributed by atoms with Gasteiger partial charge in [0.25, 0.3) is 5.56 Å². The number of nitrogens with one attached hydrogen (secondary N) is 1. The maximum absolute atomic E-state index is 13.9. The topological polar surface area (TPSA) is 106 Å². The van der Waals surface area contributed by atoms with Gasteiger partial charge in [0.05, 0.1) is 11.4 Å². The summed E-state index contributed by atoms with van der Waals surface area (Å²) in [5.41, 5.74) is 7.54. The first-order chi connectivity index (χ1) is 16.3. The molecule has 0 spiro atoms. The Morgan fingerprint density at radius 3 is 2.53 bits per heavy atom. The molecular weight excluding hydrogens is 444 g/mol. The van der Waals surface area contributed by atoms with Crippen LogP contribution in [-0.4, -0.2) is 38.7 Å². The Bertz CT molecular complexity index is 1440. The number of carbonyl (C=O) groups excluding carboxylic acids is 1. The Kier molecular flexibility index (Phi) is 5.27. The van der Waals surface area contributed by atoms with E-state index in [0.29, 0.717) is 41.5 Å². The summed E-state index contributed by atoms with van der Waals surface area (Å²) in [5.74, 6) is -1.70. The van der Waals surface area contributed by atoms with Crippen molar-refractivity contribution in [2.24, 2.45) is 0 Å². The van der Waals surface area contributed by atoms with Crippen molar-refractivity contribution in [2.45, 2.75) is 19.4 Å². The standard InChI is InChI=1S/C24H21F2N5O3/c1-13(32)30-10-9-15(11-30)31-12-17(20-21(31)24(33)29-28-23(20)27)14-5-7-16(8-6-14)34-22-18(25)3-2-4-19(22)26/h2-8,12,15H,9-11H2,1H3,(H2,27,28)(H,29,33)/t15-/m1/s1. The fourth-order valence-electron chi connectivity index (χ4n) is 4.40. The molecule has 0 bridgehead atoms. The highest BCUT2D eigenvalue weighted by atomic mass is 19.1. The molecule has 5 rings (SSSR count). The number of ether oxygens (including phenoxy) is 1. The van der Waals surface area contributed by atoms with Crippen LogP contribution in [0, 0.1) is 11.6 Å². The average molecular weight is 465 g/mol. The number of nitrogens with two attached hydrogens (primary N) is 1. The van der Waals surface area contributed by atoms with Crippen molar-refractivity contribution in [3.8, 4) is 22.6 Å². The molecule has 174 valence electrons. The van der Waals surface area contributed by atoms with Crippen LogP contribution in [0.1, 0.15) is 19.4 Å². The van der Waals surface area contributed by atoms with E-state index in [2.05, 4.69) is 10.2 Å². The van der Waals surface area contributed by atoms with E-state index < -0.39 is 17.4 Å². The van der Waals surface area contributed by atoms with Crippen LogP contribution < -0.4 is 16.0 Å². The van der Waals surface area contributed by atoms with Gasteiger partial charge in [-0.15, -0.1) is 0 Å². The van der Waals surface area contributed by atoms with Gasteiger partial charge in [0.1, 0.15) is 11.3 Å². The predicted octanol–water partition coefficient (Wildman–Crippen LogP) is 3.84. The second kappa shape index (κ2) is 8.29. The number of hydrogen-bond acceptors (Lipinski definition) is 5. The highest BCUT2D eigenvalue weighted by Gasteiger charge is 2.29. The van der Waals surface area contributed by atoms with Gasteiger partial charge in [-0.3, -0.25) is 9.59 Å². The van der Waals surface area contributed by atoms with Crippen molar-refractivity contribution < 1.29 is 18.3 Å². The van der Waals surface area contributed by atoms with Crippen molar-refractivity contribution >= 4 is 22.6 Å². The minimum absolute atomic E-state index is 0.0175. The molecule has 3 heterocycles. The molecule has 0 radical (unpaired) electrons. The molecule has 2 aromatic heterocycles. The van der Waals surface area contributed by atoms with Crippen LogP contribution in [0.3, 0.4) is 0 Å². The zero-order valence-electron chi connectivity index (χ0n) is 18.2. The van der Waals surface area contributed by atoms with Gasteiger partial charge in [0.15, 0.2) is 23.2 Å². The third-order valence-electron chi connectivity index (χ3n) is 6.09. The Morgan fingerprint density at radius 1 is 1.18 bits per heavy atom. The smallest absolute Gasteiger partial charge is 0.288 e. The second-order valence-electron chi connectivity index (χ2n) is 8.20. The highest BCUT2D eigenvalue weighted by Crippen LogP contribution is 2.37. The zero-order chi connectivity index (χ0) is 24.0. The molecule has 1 saturated heterocycles. The Balaban J connectivity index is 1.55. The lowest BCUT2D eigenvalue weighted by Crippen LogP contribution is -2.26. The molecule has 1 aliphatic rings. The summed E-state index contributed by atoms with van der Waals surface area (Å²) in [6, 6.07) is 9.99. The fraction of sp³-hybridized carbons (Fsp3) is 0.208. The lowest BCUT2D eigenvalue weighted by molar-refractivity contribution is -0.127. The van der Waals surface area contributed by atoms with E-state index in [1.54, 1.807) is 29.2 Å². The van der Waals surface area contributed by atoms with E-state index in [0.717, 1.165) is 12.1 Å². The van der Waals surface area contributed by atoms with Gasteiger partial charge in [0.2, 0.25) is 5.91 Å². The van der Waals surface area contributed by atoms with Crippen LogP contribution in [0.5, 0.6) is 11.5 Å². The van der Waals surface area contributed by atoms with Crippen LogP contribution in [-0.2, 0) is 4.79 Å². The molecule has 4 aromatic rings. The molecule has 3 N–H and O–H groups in total. The number of H-pyrrole nitrogens is 1. The molecule has 1 aliphatic heterocycles. The maximum Gasteiger partial charge on any atom is 0.288 e. The largest absolute Gasteiger partial charge is 0.451 e. The average Bonchev–Trinajstić information content (AvgIpc) is 3.45. The molecular formula is C24H21F2N5O3. The Hall–Kier alpha value is -4.21. The lowest BCUT2D eigenvalue weighted by atomic mass is 10.1. The van der Waals surface area contributed by atoms with Crippen molar-refractivity contribution in [1.82, 2.24) is 19.7 Å². The molecule has 0 unspecified atom stereocenters. The number of anilines is 1. The second-order valence-corrected chi connectivity index (χ2v) is 8.20. The summed E-state index contributed by atoms with van der Waals surface area (Å²) >= 11 is 0. The molecule has 10 heteroatoms. The quantitative estimate of drug-likeness (QED) is 0.476. The van der Waals surface area contributed by atoms with Gasteiger partial charge in [-0.2, -0.15) is 5.10 Å². The summed E-state index contributed by atoms with van der Waals surface area (Å²) in [6.45, 7) is 2.61. The van der Waals surface area contributed by atoms with Crippen LogP contribution in [0.25, 0.3) is 22.0 Å². The number of halogens is 2. The Labute approximate surface area is 192 Å². The number of amides is 1. The monoisotopic (exact) mass is 465 g/mol. The van der Waals surface area contributed by atoms with E-state index in [4.69, 9.17) is 10.5 Å². The minimum Gasteiger partial charge on any atom is -0.451 e. The summed E-state index contributed by atoms with van der Waals surface area (Å²) in [4.78, 5) is 26.3. The van der Waals surface area contributed by atoms with Crippen molar-refractivity contribution in [1.29, 1.82) is 0 Å². The van der Waals surface area contributed by atoms with Crippen LogP contribution in [0.4, 0.5) is 14.6 Å². The van der Waals surface area contributed by atoms with E-state index in [9.17, 15) is 18.4 Å². The number of benzene rings is 2. The molecule has 0 aliphatic carbocycles. The van der Waals surface area contributed by atoms with E-state index in [1.165, 1.54) is 13.0 Å². The third-order valence-corrected chi connectivity index (χ3v) is 6.09. The Morgan fingerprint density at radius 2 is 1.88 bits per heavy atom. The summed E-state index contributed by atoms with van der Waals surface area (Å²) in [7, 11) is 0.